The first-order chi connectivity index (χ1) is 10.5. The highest BCUT2D eigenvalue weighted by atomic mass is 16.5. The van der Waals surface area contributed by atoms with Crippen LogP contribution in [0.4, 0.5) is 10.5 Å². The number of hydrogen-bond acceptors (Lipinski definition) is 3. The normalized spacial score (nSPS) is 13.7. The maximum Gasteiger partial charge on any atom is 0.319 e. The molecule has 0 aromatic heterocycles. The Labute approximate surface area is 133 Å². The number of carbonyl (C=O) groups excluding carboxylic acids is 1. The number of benzene rings is 1. The van der Waals surface area contributed by atoms with Gasteiger partial charge in [0.1, 0.15) is 0 Å². The Hall–Kier alpha value is -1.59. The number of carbonyl (C=O) groups is 1. The summed E-state index contributed by atoms with van der Waals surface area (Å²) >= 11 is 0. The molecule has 0 heterocycles. The SMILES string of the molecule is CCC(CC)C(O)CNC(=O)Nc1cccc(C(C)OC)c1. The Morgan fingerprint density at radius 2 is 2.00 bits per heavy atom. The Kier molecular flexibility index (Phi) is 7.91. The molecule has 0 aliphatic carbocycles. The minimum atomic E-state index is -0.513. The highest BCUT2D eigenvalue weighted by Gasteiger charge is 2.16. The van der Waals surface area contributed by atoms with Gasteiger partial charge in [-0.05, 0) is 30.5 Å². The summed E-state index contributed by atoms with van der Waals surface area (Å²) in [5.41, 5.74) is 1.70. The molecule has 3 N–H and O–H groups in total. The summed E-state index contributed by atoms with van der Waals surface area (Å²) in [6, 6.07) is 7.22. The molecule has 2 amide bonds. The smallest absolute Gasteiger partial charge is 0.319 e. The number of urea groups is 1. The van der Waals surface area contributed by atoms with E-state index < -0.39 is 6.10 Å². The zero-order valence-corrected chi connectivity index (χ0v) is 13.9. The van der Waals surface area contributed by atoms with Crippen LogP contribution < -0.4 is 10.6 Å². The summed E-state index contributed by atoms with van der Waals surface area (Å²) < 4.78 is 5.26. The molecule has 0 radical (unpaired) electrons. The molecule has 0 aliphatic rings. The van der Waals surface area contributed by atoms with E-state index in [0.29, 0.717) is 5.69 Å². The monoisotopic (exact) mass is 308 g/mol. The van der Waals surface area contributed by atoms with Gasteiger partial charge in [-0.15, -0.1) is 0 Å². The minimum Gasteiger partial charge on any atom is -0.391 e. The second-order valence-electron chi connectivity index (χ2n) is 5.48. The first kappa shape index (κ1) is 18.5. The third-order valence-corrected chi connectivity index (χ3v) is 4.03. The van der Waals surface area contributed by atoms with Crippen molar-refractivity contribution < 1.29 is 14.6 Å². The summed E-state index contributed by atoms with van der Waals surface area (Å²) in [5, 5.41) is 15.5. The van der Waals surface area contributed by atoms with Gasteiger partial charge >= 0.3 is 6.03 Å². The van der Waals surface area contributed by atoms with Crippen molar-refractivity contribution in [2.24, 2.45) is 5.92 Å². The van der Waals surface area contributed by atoms with E-state index in [-0.39, 0.29) is 24.6 Å². The van der Waals surface area contributed by atoms with E-state index in [1.165, 1.54) is 0 Å². The molecule has 0 saturated heterocycles. The second kappa shape index (κ2) is 9.43. The number of rotatable bonds is 8. The summed E-state index contributed by atoms with van der Waals surface area (Å²) in [6.45, 7) is 6.29. The lowest BCUT2D eigenvalue weighted by molar-refractivity contribution is 0.104. The first-order valence-corrected chi connectivity index (χ1v) is 7.87. The number of aliphatic hydroxyl groups is 1. The third kappa shape index (κ3) is 5.66. The van der Waals surface area contributed by atoms with E-state index in [1.54, 1.807) is 7.11 Å². The lowest BCUT2D eigenvalue weighted by Gasteiger charge is -2.20. The molecule has 1 aromatic rings. The van der Waals surface area contributed by atoms with E-state index in [0.717, 1.165) is 18.4 Å². The molecule has 5 heteroatoms. The van der Waals surface area contributed by atoms with Gasteiger partial charge in [-0.25, -0.2) is 4.79 Å². The number of anilines is 1. The van der Waals surface area contributed by atoms with Crippen molar-refractivity contribution in [2.45, 2.75) is 45.8 Å². The van der Waals surface area contributed by atoms with Gasteiger partial charge in [-0.2, -0.15) is 0 Å². The van der Waals surface area contributed by atoms with E-state index >= 15 is 0 Å². The lowest BCUT2D eigenvalue weighted by atomic mass is 9.97. The highest BCUT2D eigenvalue weighted by molar-refractivity contribution is 5.89. The van der Waals surface area contributed by atoms with Crippen molar-refractivity contribution in [1.29, 1.82) is 0 Å². The molecule has 5 nitrogen and oxygen atoms in total. The van der Waals surface area contributed by atoms with Crippen LogP contribution in [-0.2, 0) is 4.74 Å². The van der Waals surface area contributed by atoms with Crippen molar-refractivity contribution >= 4 is 11.7 Å². The fourth-order valence-corrected chi connectivity index (χ4v) is 2.38. The minimum absolute atomic E-state index is 0.0264. The van der Waals surface area contributed by atoms with Gasteiger partial charge in [-0.3, -0.25) is 0 Å². The van der Waals surface area contributed by atoms with E-state index in [1.807, 2.05) is 45.0 Å². The van der Waals surface area contributed by atoms with Crippen LogP contribution in [0.2, 0.25) is 0 Å². The van der Waals surface area contributed by atoms with Crippen LogP contribution >= 0.6 is 0 Å². The van der Waals surface area contributed by atoms with Crippen LogP contribution in [0, 0.1) is 5.92 Å². The van der Waals surface area contributed by atoms with Crippen LogP contribution in [0.15, 0.2) is 24.3 Å². The molecule has 0 bridgehead atoms. The molecule has 1 rings (SSSR count). The summed E-state index contributed by atoms with van der Waals surface area (Å²) in [5.74, 6) is 0.214. The zero-order valence-electron chi connectivity index (χ0n) is 13.9. The fraction of sp³-hybridized carbons (Fsp3) is 0.588. The maximum atomic E-state index is 11.9. The topological polar surface area (TPSA) is 70.6 Å². The molecular weight excluding hydrogens is 280 g/mol. The Bertz CT molecular complexity index is 461. The number of nitrogens with one attached hydrogen (secondary N) is 2. The van der Waals surface area contributed by atoms with Gasteiger partial charge in [0.15, 0.2) is 0 Å². The third-order valence-electron chi connectivity index (χ3n) is 4.03. The first-order valence-electron chi connectivity index (χ1n) is 7.87. The van der Waals surface area contributed by atoms with Gasteiger partial charge < -0.3 is 20.5 Å². The van der Waals surface area contributed by atoms with Crippen molar-refractivity contribution in [3.63, 3.8) is 0 Å². The molecule has 0 aliphatic heterocycles. The van der Waals surface area contributed by atoms with Crippen molar-refractivity contribution in [3.05, 3.63) is 29.8 Å². The molecular formula is C17H28N2O3. The summed E-state index contributed by atoms with van der Waals surface area (Å²) in [7, 11) is 1.65. The highest BCUT2D eigenvalue weighted by Crippen LogP contribution is 2.19. The van der Waals surface area contributed by atoms with Crippen molar-refractivity contribution in [1.82, 2.24) is 5.32 Å². The molecule has 124 valence electrons. The Balaban J connectivity index is 2.51. The Morgan fingerprint density at radius 3 is 2.59 bits per heavy atom. The fourth-order valence-electron chi connectivity index (χ4n) is 2.38. The summed E-state index contributed by atoms with van der Waals surface area (Å²) in [4.78, 5) is 11.9. The molecule has 0 spiro atoms. The summed E-state index contributed by atoms with van der Waals surface area (Å²) in [6.07, 6.45) is 1.26. The number of ether oxygens (including phenoxy) is 1. The lowest BCUT2D eigenvalue weighted by Crippen LogP contribution is -2.38. The predicted octanol–water partition coefficient (Wildman–Crippen LogP) is 3.31. The molecule has 0 saturated carbocycles. The number of methoxy groups -OCH3 is 1. The molecule has 0 fully saturated rings. The number of hydrogen-bond donors (Lipinski definition) is 3. The van der Waals surface area contributed by atoms with E-state index in [2.05, 4.69) is 10.6 Å². The number of amides is 2. The average molecular weight is 308 g/mol. The molecule has 2 unspecified atom stereocenters. The van der Waals surface area contributed by atoms with Gasteiger partial charge in [0.2, 0.25) is 0 Å². The second-order valence-corrected chi connectivity index (χ2v) is 5.48. The average Bonchev–Trinajstić information content (AvgIpc) is 2.53. The zero-order chi connectivity index (χ0) is 16.5. The number of aliphatic hydroxyl groups excluding tert-OH is 1. The quantitative estimate of drug-likeness (QED) is 0.690. The van der Waals surface area contributed by atoms with Gasteiger partial charge in [-0.1, -0.05) is 38.8 Å². The van der Waals surface area contributed by atoms with Crippen molar-refractivity contribution in [3.8, 4) is 0 Å². The van der Waals surface area contributed by atoms with Crippen LogP contribution in [0.3, 0.4) is 0 Å². The van der Waals surface area contributed by atoms with E-state index in [9.17, 15) is 9.90 Å². The van der Waals surface area contributed by atoms with Crippen LogP contribution in [0.1, 0.15) is 45.3 Å². The largest absolute Gasteiger partial charge is 0.391 e. The predicted molar refractivity (Wildman–Crippen MR) is 89.0 cm³/mol. The van der Waals surface area contributed by atoms with Gasteiger partial charge in [0.05, 0.1) is 12.2 Å². The standard InChI is InChI=1S/C17H28N2O3/c1-5-13(6-2)16(20)11-18-17(21)19-15-9-7-8-14(10-15)12(3)22-4/h7-10,12-13,16,20H,5-6,11H2,1-4H3,(H2,18,19,21). The Morgan fingerprint density at radius 1 is 1.32 bits per heavy atom. The van der Waals surface area contributed by atoms with Crippen LogP contribution in [0.25, 0.3) is 0 Å². The van der Waals surface area contributed by atoms with Crippen LogP contribution in [-0.4, -0.2) is 30.9 Å². The maximum absolute atomic E-state index is 11.9. The van der Waals surface area contributed by atoms with Gasteiger partial charge in [0.25, 0.3) is 0 Å². The molecule has 1 aromatic carbocycles. The van der Waals surface area contributed by atoms with E-state index in [4.69, 9.17) is 4.74 Å². The van der Waals surface area contributed by atoms with Gasteiger partial charge in [0, 0.05) is 19.3 Å². The van der Waals surface area contributed by atoms with Crippen LogP contribution in [0.5, 0.6) is 0 Å². The molecule has 2 atom stereocenters. The van der Waals surface area contributed by atoms with Crippen molar-refractivity contribution in [2.75, 3.05) is 19.0 Å². The molecule has 22 heavy (non-hydrogen) atoms.